The van der Waals surface area contributed by atoms with Crippen LogP contribution in [0.25, 0.3) is 10.9 Å². The first kappa shape index (κ1) is 22.2. The molecule has 1 fully saturated rings. The van der Waals surface area contributed by atoms with E-state index in [0.717, 1.165) is 47.0 Å². The number of halogens is 1. The largest absolute Gasteiger partial charge is 0.497 e. The second kappa shape index (κ2) is 8.65. The van der Waals surface area contributed by atoms with Gasteiger partial charge in [-0.05, 0) is 35.4 Å². The lowest BCUT2D eigenvalue weighted by Crippen LogP contribution is -2.66. The number of carbonyl (C=O) groups excluding carboxylic acids is 1. The van der Waals surface area contributed by atoms with Gasteiger partial charge in [0.25, 0.3) is 0 Å². The van der Waals surface area contributed by atoms with Crippen molar-refractivity contribution in [3.8, 4) is 5.75 Å². The van der Waals surface area contributed by atoms with Gasteiger partial charge in [-0.15, -0.1) is 0 Å². The predicted octanol–water partition coefficient (Wildman–Crippen LogP) is 3.11. The summed E-state index contributed by atoms with van der Waals surface area (Å²) in [7, 11) is 3.16. The number of hydrogen-bond acceptors (Lipinski definition) is 5. The zero-order valence-electron chi connectivity index (χ0n) is 18.8. The number of ether oxygens (including phenoxy) is 2. The van der Waals surface area contributed by atoms with E-state index in [-0.39, 0.29) is 24.5 Å². The summed E-state index contributed by atoms with van der Waals surface area (Å²) in [5, 5.41) is 12.1. The molecule has 2 N–H and O–H groups in total. The van der Waals surface area contributed by atoms with Crippen molar-refractivity contribution < 1.29 is 19.4 Å². The van der Waals surface area contributed by atoms with Crippen LogP contribution < -0.4 is 4.74 Å². The lowest BCUT2D eigenvalue weighted by Gasteiger charge is -2.56. The van der Waals surface area contributed by atoms with Crippen LogP contribution in [0.2, 0.25) is 5.02 Å². The number of aliphatic hydroxyl groups is 1. The lowest BCUT2D eigenvalue weighted by molar-refractivity contribution is -0.143. The Morgan fingerprint density at radius 3 is 2.61 bits per heavy atom. The SMILES string of the molecule is COCC(=O)N1CC2(CN(Cc3ccc(Cl)cc3)C2)c2c([nH]c3cc(OC)ccc23)[C@@H]1CO. The maximum atomic E-state index is 13.0. The van der Waals surface area contributed by atoms with E-state index >= 15 is 0 Å². The van der Waals surface area contributed by atoms with Gasteiger partial charge in [0.2, 0.25) is 5.91 Å². The van der Waals surface area contributed by atoms with Crippen LogP contribution >= 0.6 is 11.6 Å². The van der Waals surface area contributed by atoms with Crippen molar-refractivity contribution in [2.45, 2.75) is 18.0 Å². The molecule has 3 aromatic rings. The molecule has 2 aromatic carbocycles. The van der Waals surface area contributed by atoms with E-state index in [9.17, 15) is 9.90 Å². The van der Waals surface area contributed by atoms with Gasteiger partial charge in [-0.3, -0.25) is 9.69 Å². The van der Waals surface area contributed by atoms with Crippen LogP contribution in [0.15, 0.2) is 42.5 Å². The molecule has 2 aliphatic rings. The monoisotopic (exact) mass is 469 g/mol. The summed E-state index contributed by atoms with van der Waals surface area (Å²) < 4.78 is 10.6. The summed E-state index contributed by atoms with van der Waals surface area (Å²) in [6.07, 6.45) is 0. The Morgan fingerprint density at radius 2 is 1.94 bits per heavy atom. The number of hydrogen-bond donors (Lipinski definition) is 2. The fourth-order valence-corrected chi connectivity index (χ4v) is 5.63. The number of nitrogens with one attached hydrogen (secondary N) is 1. The van der Waals surface area contributed by atoms with E-state index < -0.39 is 6.04 Å². The number of amides is 1. The number of rotatable bonds is 6. The van der Waals surface area contributed by atoms with Gasteiger partial charge in [-0.25, -0.2) is 0 Å². The van der Waals surface area contributed by atoms with E-state index in [1.807, 2.05) is 36.4 Å². The molecular weight excluding hydrogens is 442 g/mol. The first-order chi connectivity index (χ1) is 16.0. The minimum atomic E-state index is -0.433. The van der Waals surface area contributed by atoms with Gasteiger partial charge in [0, 0.05) is 66.4 Å². The number of nitrogens with zero attached hydrogens (tertiary/aromatic N) is 2. The topological polar surface area (TPSA) is 78.0 Å². The van der Waals surface area contributed by atoms with Gasteiger partial charge in [0.05, 0.1) is 19.8 Å². The zero-order valence-corrected chi connectivity index (χ0v) is 19.6. The van der Waals surface area contributed by atoms with Gasteiger partial charge in [-0.1, -0.05) is 23.7 Å². The fourth-order valence-electron chi connectivity index (χ4n) is 5.50. The van der Waals surface area contributed by atoms with E-state index in [2.05, 4.69) is 16.0 Å². The maximum absolute atomic E-state index is 13.0. The molecule has 0 saturated carbocycles. The van der Waals surface area contributed by atoms with Crippen LogP contribution in [0.1, 0.15) is 22.9 Å². The fraction of sp³-hybridized carbons (Fsp3) is 0.400. The third kappa shape index (κ3) is 3.79. The molecule has 174 valence electrons. The van der Waals surface area contributed by atoms with Crippen LogP contribution in [0.5, 0.6) is 5.75 Å². The molecule has 0 radical (unpaired) electrons. The number of H-pyrrole nitrogens is 1. The molecule has 7 nitrogen and oxygen atoms in total. The van der Waals surface area contributed by atoms with Crippen molar-refractivity contribution in [3.05, 3.63) is 64.3 Å². The summed E-state index contributed by atoms with van der Waals surface area (Å²) in [4.78, 5) is 20.6. The zero-order chi connectivity index (χ0) is 23.2. The Bertz CT molecular complexity index is 1170. The van der Waals surface area contributed by atoms with E-state index in [1.54, 1.807) is 12.0 Å². The van der Waals surface area contributed by atoms with Crippen molar-refractivity contribution in [1.29, 1.82) is 0 Å². The number of methoxy groups -OCH3 is 2. The van der Waals surface area contributed by atoms with E-state index in [4.69, 9.17) is 21.1 Å². The second-order valence-corrected chi connectivity index (χ2v) is 9.47. The Balaban J connectivity index is 1.53. The quantitative estimate of drug-likeness (QED) is 0.580. The van der Waals surface area contributed by atoms with E-state index in [1.165, 1.54) is 18.2 Å². The average Bonchev–Trinajstić information content (AvgIpc) is 3.18. The lowest BCUT2D eigenvalue weighted by atomic mass is 9.68. The molecule has 0 aliphatic carbocycles. The van der Waals surface area contributed by atoms with Crippen molar-refractivity contribution >= 4 is 28.4 Å². The smallest absolute Gasteiger partial charge is 0.249 e. The minimum absolute atomic E-state index is 0.00947. The molecule has 8 heteroatoms. The molecule has 2 aliphatic heterocycles. The average molecular weight is 470 g/mol. The summed E-state index contributed by atoms with van der Waals surface area (Å²) in [5.74, 6) is 0.648. The molecule has 33 heavy (non-hydrogen) atoms. The van der Waals surface area contributed by atoms with Crippen molar-refractivity contribution in [1.82, 2.24) is 14.8 Å². The molecule has 1 atom stereocenters. The molecule has 1 spiro atoms. The summed E-state index contributed by atoms with van der Waals surface area (Å²) in [5.41, 5.74) is 4.04. The highest BCUT2D eigenvalue weighted by atomic mass is 35.5. The standard InChI is InChI=1S/C25H28ClN3O4/c1-32-12-22(31)29-15-25(13-28(14-25)10-16-3-5-17(26)6-4-16)23-19-8-7-18(33-2)9-20(19)27-24(23)21(29)11-30/h3-9,21,27,30H,10-15H2,1-2H3/t21-/m0/s1. The first-order valence-electron chi connectivity index (χ1n) is 11.0. The van der Waals surface area contributed by atoms with Crippen LogP contribution in [0, 0.1) is 0 Å². The van der Waals surface area contributed by atoms with Crippen LogP contribution in [-0.2, 0) is 21.5 Å². The first-order valence-corrected chi connectivity index (χ1v) is 11.4. The summed E-state index contributed by atoms with van der Waals surface area (Å²) in [6, 6.07) is 13.5. The number of carbonyl (C=O) groups is 1. The van der Waals surface area contributed by atoms with Crippen molar-refractivity contribution in [2.75, 3.05) is 47.1 Å². The second-order valence-electron chi connectivity index (χ2n) is 9.03. The Morgan fingerprint density at radius 1 is 1.18 bits per heavy atom. The van der Waals surface area contributed by atoms with Gasteiger partial charge >= 0.3 is 0 Å². The molecule has 1 saturated heterocycles. The minimum Gasteiger partial charge on any atom is -0.497 e. The molecule has 5 rings (SSSR count). The number of aliphatic hydroxyl groups excluding tert-OH is 1. The van der Waals surface area contributed by atoms with Crippen molar-refractivity contribution in [2.24, 2.45) is 0 Å². The maximum Gasteiger partial charge on any atom is 0.249 e. The highest BCUT2D eigenvalue weighted by molar-refractivity contribution is 6.30. The van der Waals surface area contributed by atoms with Gasteiger partial charge in [-0.2, -0.15) is 0 Å². The number of fused-ring (bicyclic) bond motifs is 4. The molecule has 0 unspecified atom stereocenters. The van der Waals surface area contributed by atoms with Gasteiger partial charge in [0.15, 0.2) is 0 Å². The predicted molar refractivity (Wildman–Crippen MR) is 127 cm³/mol. The third-order valence-corrected chi connectivity index (χ3v) is 7.13. The molecular formula is C25H28ClN3O4. The number of aromatic nitrogens is 1. The third-order valence-electron chi connectivity index (χ3n) is 6.88. The van der Waals surface area contributed by atoms with Gasteiger partial charge in [0.1, 0.15) is 12.4 Å². The normalized spacial score (nSPS) is 19.5. The highest BCUT2D eigenvalue weighted by Crippen LogP contribution is 2.48. The highest BCUT2D eigenvalue weighted by Gasteiger charge is 2.53. The van der Waals surface area contributed by atoms with Gasteiger partial charge < -0.3 is 24.5 Å². The molecule has 0 bridgehead atoms. The van der Waals surface area contributed by atoms with E-state index in [0.29, 0.717) is 6.54 Å². The Hall–Kier alpha value is -2.58. The van der Waals surface area contributed by atoms with Crippen LogP contribution in [0.3, 0.4) is 0 Å². The Kier molecular flexibility index (Phi) is 5.82. The Labute approximate surface area is 197 Å². The van der Waals surface area contributed by atoms with Crippen molar-refractivity contribution in [3.63, 3.8) is 0 Å². The van der Waals surface area contributed by atoms with Crippen LogP contribution in [0.4, 0.5) is 0 Å². The van der Waals surface area contributed by atoms with Crippen LogP contribution in [-0.4, -0.2) is 72.9 Å². The number of benzene rings is 2. The molecule has 3 heterocycles. The molecule has 1 aromatic heterocycles. The molecule has 1 amide bonds. The number of aromatic amines is 1. The summed E-state index contributed by atoms with van der Waals surface area (Å²) >= 11 is 6.04. The number of likely N-dealkylation sites (tertiary alicyclic amines) is 1. The summed E-state index contributed by atoms with van der Waals surface area (Å²) in [6.45, 7) is 2.83.